The Morgan fingerprint density at radius 1 is 0.684 bits per heavy atom. The van der Waals surface area contributed by atoms with E-state index in [4.69, 9.17) is 0 Å². The van der Waals surface area contributed by atoms with Crippen molar-refractivity contribution in [2.75, 3.05) is 0 Å². The van der Waals surface area contributed by atoms with E-state index in [-0.39, 0.29) is 0 Å². The van der Waals surface area contributed by atoms with Crippen molar-refractivity contribution in [2.45, 2.75) is 47.5 Å². The van der Waals surface area contributed by atoms with Crippen molar-refractivity contribution in [3.63, 3.8) is 0 Å². The van der Waals surface area contributed by atoms with Crippen molar-refractivity contribution < 1.29 is 0 Å². The molecular weight excluding hydrogens is 236 g/mol. The Morgan fingerprint density at radius 3 is 1.95 bits per heavy atom. The molecule has 0 aliphatic rings. The molecule has 2 aromatic heterocycles. The summed E-state index contributed by atoms with van der Waals surface area (Å²) < 4.78 is 0. The first-order valence-corrected chi connectivity index (χ1v) is 6.57. The molecule has 0 unspecified atom stereocenters. The van der Waals surface area contributed by atoms with Crippen molar-refractivity contribution >= 4 is 0 Å². The Labute approximate surface area is 114 Å². The fourth-order valence-corrected chi connectivity index (χ4v) is 2.06. The van der Waals surface area contributed by atoms with Crippen LogP contribution in [0.25, 0.3) is 0 Å². The molecule has 0 spiro atoms. The highest BCUT2D eigenvalue weighted by Crippen LogP contribution is 2.11. The average Bonchev–Trinajstić information content (AvgIpc) is 2.36. The Hall–Kier alpha value is -1.84. The van der Waals surface area contributed by atoms with E-state index in [9.17, 15) is 0 Å². The van der Waals surface area contributed by atoms with Crippen LogP contribution < -0.4 is 0 Å². The first-order chi connectivity index (χ1) is 8.97. The van der Waals surface area contributed by atoms with E-state index in [1.165, 1.54) is 0 Å². The van der Waals surface area contributed by atoms with E-state index in [0.29, 0.717) is 0 Å². The predicted molar refractivity (Wildman–Crippen MR) is 75.2 cm³/mol. The third kappa shape index (κ3) is 3.13. The SMILES string of the molecule is Cc1cnc(C)c(CCc2nc(C)c(C)nc2C)n1. The van der Waals surface area contributed by atoms with Gasteiger partial charge in [-0.15, -0.1) is 0 Å². The smallest absolute Gasteiger partial charge is 0.0623 e. The van der Waals surface area contributed by atoms with Gasteiger partial charge in [0, 0.05) is 6.20 Å². The molecule has 0 saturated heterocycles. The van der Waals surface area contributed by atoms with Crippen LogP contribution in [0.3, 0.4) is 0 Å². The summed E-state index contributed by atoms with van der Waals surface area (Å²) in [5.41, 5.74) is 7.11. The molecule has 0 saturated carbocycles. The lowest BCUT2D eigenvalue weighted by molar-refractivity contribution is 0.811. The van der Waals surface area contributed by atoms with Crippen LogP contribution in [0.1, 0.15) is 39.9 Å². The molecule has 2 rings (SSSR count). The maximum Gasteiger partial charge on any atom is 0.0623 e. The van der Waals surface area contributed by atoms with Crippen LogP contribution in [0.4, 0.5) is 0 Å². The lowest BCUT2D eigenvalue weighted by Crippen LogP contribution is -2.06. The molecule has 0 aliphatic carbocycles. The molecule has 4 heteroatoms. The minimum absolute atomic E-state index is 0.860. The molecule has 0 bridgehead atoms. The maximum atomic E-state index is 4.63. The number of hydrogen-bond acceptors (Lipinski definition) is 4. The van der Waals surface area contributed by atoms with Crippen LogP contribution in [0, 0.1) is 34.6 Å². The van der Waals surface area contributed by atoms with Crippen LogP contribution >= 0.6 is 0 Å². The largest absolute Gasteiger partial charge is 0.258 e. The van der Waals surface area contributed by atoms with Gasteiger partial charge in [0.25, 0.3) is 0 Å². The van der Waals surface area contributed by atoms with Crippen molar-refractivity contribution in [3.8, 4) is 0 Å². The number of aryl methyl sites for hydroxylation is 7. The molecule has 0 N–H and O–H groups in total. The third-order valence-corrected chi connectivity index (χ3v) is 3.35. The summed E-state index contributed by atoms with van der Waals surface area (Å²) in [5.74, 6) is 0. The minimum Gasteiger partial charge on any atom is -0.258 e. The molecule has 0 fully saturated rings. The van der Waals surface area contributed by atoms with Gasteiger partial charge < -0.3 is 0 Å². The Bertz CT molecular complexity index is 605. The fourth-order valence-electron chi connectivity index (χ4n) is 2.06. The molecule has 100 valence electrons. The summed E-state index contributed by atoms with van der Waals surface area (Å²) >= 11 is 0. The lowest BCUT2D eigenvalue weighted by atomic mass is 10.1. The van der Waals surface area contributed by atoms with Crippen molar-refractivity contribution in [1.82, 2.24) is 19.9 Å². The number of hydrogen-bond donors (Lipinski definition) is 0. The lowest BCUT2D eigenvalue weighted by Gasteiger charge is -2.09. The third-order valence-electron chi connectivity index (χ3n) is 3.35. The second-order valence-corrected chi connectivity index (χ2v) is 4.97. The number of rotatable bonds is 3. The van der Waals surface area contributed by atoms with E-state index in [1.807, 2.05) is 34.6 Å². The molecule has 0 atom stereocenters. The summed E-state index contributed by atoms with van der Waals surface area (Å²) in [6, 6.07) is 0. The predicted octanol–water partition coefficient (Wildman–Crippen LogP) is 2.59. The molecule has 4 nitrogen and oxygen atoms in total. The maximum absolute atomic E-state index is 4.63. The molecule has 0 aromatic carbocycles. The standard InChI is InChI=1S/C15H20N4/c1-9-8-16-12(4)14(17-9)6-7-15-13(5)18-10(2)11(3)19-15/h8H,6-7H2,1-5H3. The van der Waals surface area contributed by atoms with E-state index < -0.39 is 0 Å². The van der Waals surface area contributed by atoms with Gasteiger partial charge in [-0.3, -0.25) is 19.9 Å². The first-order valence-electron chi connectivity index (χ1n) is 6.57. The molecule has 2 aromatic rings. The van der Waals surface area contributed by atoms with Gasteiger partial charge in [-0.25, -0.2) is 0 Å². The van der Waals surface area contributed by atoms with Crippen LogP contribution in [0.2, 0.25) is 0 Å². The van der Waals surface area contributed by atoms with E-state index in [0.717, 1.165) is 52.7 Å². The normalized spacial score (nSPS) is 10.8. The zero-order chi connectivity index (χ0) is 14.0. The number of nitrogens with zero attached hydrogens (tertiary/aromatic N) is 4. The van der Waals surface area contributed by atoms with Crippen LogP contribution in [-0.2, 0) is 12.8 Å². The van der Waals surface area contributed by atoms with Gasteiger partial charge in [-0.2, -0.15) is 0 Å². The highest BCUT2D eigenvalue weighted by atomic mass is 14.8. The van der Waals surface area contributed by atoms with Gasteiger partial charge >= 0.3 is 0 Å². The summed E-state index contributed by atoms with van der Waals surface area (Å²) in [4.78, 5) is 18.0. The quantitative estimate of drug-likeness (QED) is 0.847. The summed E-state index contributed by atoms with van der Waals surface area (Å²) in [5, 5.41) is 0. The van der Waals surface area contributed by atoms with E-state index in [2.05, 4.69) is 19.9 Å². The second kappa shape index (κ2) is 5.43. The van der Waals surface area contributed by atoms with Crippen molar-refractivity contribution in [2.24, 2.45) is 0 Å². The van der Waals surface area contributed by atoms with E-state index >= 15 is 0 Å². The Morgan fingerprint density at radius 2 is 1.26 bits per heavy atom. The van der Waals surface area contributed by atoms with Crippen molar-refractivity contribution in [3.05, 3.63) is 46.1 Å². The summed E-state index contributed by atoms with van der Waals surface area (Å²) in [7, 11) is 0. The van der Waals surface area contributed by atoms with Gasteiger partial charge in [0.2, 0.25) is 0 Å². The van der Waals surface area contributed by atoms with Gasteiger partial charge in [0.05, 0.1) is 39.9 Å². The van der Waals surface area contributed by atoms with Gasteiger partial charge in [0.15, 0.2) is 0 Å². The second-order valence-electron chi connectivity index (χ2n) is 4.97. The zero-order valence-electron chi connectivity index (χ0n) is 12.3. The molecule has 2 heterocycles. The van der Waals surface area contributed by atoms with Crippen LogP contribution in [0.5, 0.6) is 0 Å². The Kier molecular flexibility index (Phi) is 3.88. The first kappa shape index (κ1) is 13.6. The van der Waals surface area contributed by atoms with Gasteiger partial charge in [-0.1, -0.05) is 0 Å². The van der Waals surface area contributed by atoms with Gasteiger partial charge in [-0.05, 0) is 47.5 Å². The van der Waals surface area contributed by atoms with Crippen LogP contribution in [-0.4, -0.2) is 19.9 Å². The van der Waals surface area contributed by atoms with Gasteiger partial charge in [0.1, 0.15) is 0 Å². The molecular formula is C15H20N4. The fraction of sp³-hybridized carbons (Fsp3) is 0.467. The number of aromatic nitrogens is 4. The van der Waals surface area contributed by atoms with E-state index in [1.54, 1.807) is 6.20 Å². The molecule has 0 amide bonds. The average molecular weight is 256 g/mol. The van der Waals surface area contributed by atoms with Crippen molar-refractivity contribution in [1.29, 1.82) is 0 Å². The minimum atomic E-state index is 0.860. The highest BCUT2D eigenvalue weighted by Gasteiger charge is 2.08. The Balaban J connectivity index is 2.19. The molecule has 0 aliphatic heterocycles. The molecule has 0 radical (unpaired) electrons. The summed E-state index contributed by atoms with van der Waals surface area (Å²) in [6.07, 6.45) is 3.53. The zero-order valence-corrected chi connectivity index (χ0v) is 12.3. The van der Waals surface area contributed by atoms with Crippen LogP contribution in [0.15, 0.2) is 6.20 Å². The highest BCUT2D eigenvalue weighted by molar-refractivity contribution is 5.20. The molecule has 19 heavy (non-hydrogen) atoms. The monoisotopic (exact) mass is 256 g/mol. The summed E-state index contributed by atoms with van der Waals surface area (Å²) in [6.45, 7) is 9.99. The topological polar surface area (TPSA) is 51.6 Å².